The molecule has 4 nitrogen and oxygen atoms in total. The van der Waals surface area contributed by atoms with Gasteiger partial charge in [-0.05, 0) is 25.0 Å². The lowest BCUT2D eigenvalue weighted by Crippen LogP contribution is -1.98. The first-order chi connectivity index (χ1) is 7.58. The second kappa shape index (κ2) is 3.81. The van der Waals surface area contributed by atoms with Crippen molar-refractivity contribution in [1.82, 2.24) is 9.97 Å². The summed E-state index contributed by atoms with van der Waals surface area (Å²) in [6, 6.07) is 7.50. The van der Waals surface area contributed by atoms with Gasteiger partial charge in [-0.1, -0.05) is 18.2 Å². The van der Waals surface area contributed by atoms with Crippen LogP contribution in [0.4, 0.5) is 5.95 Å². The van der Waals surface area contributed by atoms with Crippen molar-refractivity contribution in [2.45, 2.75) is 13.8 Å². The van der Waals surface area contributed by atoms with E-state index in [0.29, 0.717) is 5.69 Å². The van der Waals surface area contributed by atoms with E-state index in [4.69, 9.17) is 5.73 Å². The molecule has 0 saturated heterocycles. The van der Waals surface area contributed by atoms with E-state index in [-0.39, 0.29) is 11.8 Å². The van der Waals surface area contributed by atoms with E-state index in [1.807, 2.05) is 32.0 Å². The average molecular weight is 215 g/mol. The molecule has 0 unspecified atom stereocenters. The smallest absolute Gasteiger partial charge is 0.223 e. The third-order valence-electron chi connectivity index (χ3n) is 2.47. The molecule has 0 amide bonds. The molecule has 3 N–H and O–H groups in total. The summed E-state index contributed by atoms with van der Waals surface area (Å²) in [5.41, 5.74) is 9.35. The number of rotatable bonds is 1. The van der Waals surface area contributed by atoms with Gasteiger partial charge in [-0.3, -0.25) is 0 Å². The fourth-order valence-corrected chi connectivity index (χ4v) is 1.80. The number of hydrogen-bond donors (Lipinski definition) is 2. The molecule has 1 heterocycles. The zero-order valence-electron chi connectivity index (χ0n) is 9.23. The molecule has 2 aromatic rings. The number of aryl methyl sites for hydroxylation is 2. The van der Waals surface area contributed by atoms with E-state index >= 15 is 0 Å². The highest BCUT2D eigenvalue weighted by Crippen LogP contribution is 2.27. The Hall–Kier alpha value is -2.10. The summed E-state index contributed by atoms with van der Waals surface area (Å²) in [7, 11) is 0. The molecule has 0 aliphatic heterocycles. The summed E-state index contributed by atoms with van der Waals surface area (Å²) >= 11 is 0. The Balaban J connectivity index is 2.67. The lowest BCUT2D eigenvalue weighted by Gasteiger charge is -2.09. The Morgan fingerprint density at radius 2 is 1.75 bits per heavy atom. The molecule has 0 aliphatic carbocycles. The van der Waals surface area contributed by atoms with Gasteiger partial charge in [-0.15, -0.1) is 0 Å². The van der Waals surface area contributed by atoms with Crippen molar-refractivity contribution in [1.29, 1.82) is 0 Å². The van der Waals surface area contributed by atoms with Gasteiger partial charge in [-0.2, -0.15) is 4.98 Å². The van der Waals surface area contributed by atoms with Gasteiger partial charge in [-0.25, -0.2) is 4.98 Å². The molecule has 16 heavy (non-hydrogen) atoms. The standard InChI is InChI=1S/C12H13N3O/c1-7-4-3-5-8(2)11(7)9-6-10(16)15-12(13)14-9/h3-6H,1-2H3,(H3,13,14,15,16). The normalized spacial score (nSPS) is 10.4. The summed E-state index contributed by atoms with van der Waals surface area (Å²) in [5.74, 6) is -0.0252. The van der Waals surface area contributed by atoms with E-state index in [9.17, 15) is 5.11 Å². The first kappa shape index (κ1) is 10.4. The highest BCUT2D eigenvalue weighted by molar-refractivity contribution is 5.68. The summed E-state index contributed by atoms with van der Waals surface area (Å²) in [6.07, 6.45) is 0. The van der Waals surface area contributed by atoms with Crippen molar-refractivity contribution in [2.24, 2.45) is 0 Å². The Morgan fingerprint density at radius 3 is 2.31 bits per heavy atom. The number of nitrogen functional groups attached to an aromatic ring is 1. The van der Waals surface area contributed by atoms with Crippen LogP contribution in [0.2, 0.25) is 0 Å². The highest BCUT2D eigenvalue weighted by atomic mass is 16.3. The van der Waals surface area contributed by atoms with Crippen LogP contribution in [0, 0.1) is 13.8 Å². The molecule has 82 valence electrons. The average Bonchev–Trinajstić information content (AvgIpc) is 2.15. The van der Waals surface area contributed by atoms with Crippen LogP contribution in [0.5, 0.6) is 5.88 Å². The molecule has 0 aliphatic rings. The lowest BCUT2D eigenvalue weighted by atomic mass is 10.00. The van der Waals surface area contributed by atoms with E-state index in [0.717, 1.165) is 16.7 Å². The lowest BCUT2D eigenvalue weighted by molar-refractivity contribution is 0.453. The summed E-state index contributed by atoms with van der Waals surface area (Å²) in [4.78, 5) is 7.77. The van der Waals surface area contributed by atoms with Gasteiger partial charge in [0.05, 0.1) is 5.69 Å². The predicted octanol–water partition coefficient (Wildman–Crippen LogP) is 2.05. The second-order valence-corrected chi connectivity index (χ2v) is 3.74. The molecule has 2 rings (SSSR count). The number of anilines is 1. The monoisotopic (exact) mass is 215 g/mol. The third-order valence-corrected chi connectivity index (χ3v) is 2.47. The van der Waals surface area contributed by atoms with Gasteiger partial charge in [0.25, 0.3) is 0 Å². The summed E-state index contributed by atoms with van der Waals surface area (Å²) in [5, 5.41) is 9.41. The highest BCUT2D eigenvalue weighted by Gasteiger charge is 2.09. The Labute approximate surface area is 93.8 Å². The first-order valence-electron chi connectivity index (χ1n) is 4.98. The Morgan fingerprint density at radius 1 is 1.12 bits per heavy atom. The zero-order valence-corrected chi connectivity index (χ0v) is 9.23. The number of aromatic nitrogens is 2. The minimum atomic E-state index is -0.106. The second-order valence-electron chi connectivity index (χ2n) is 3.74. The van der Waals surface area contributed by atoms with Crippen molar-refractivity contribution in [3.05, 3.63) is 35.4 Å². The van der Waals surface area contributed by atoms with Crippen LogP contribution in [0.15, 0.2) is 24.3 Å². The maximum atomic E-state index is 9.41. The largest absolute Gasteiger partial charge is 0.493 e. The van der Waals surface area contributed by atoms with E-state index in [1.54, 1.807) is 0 Å². The van der Waals surface area contributed by atoms with Gasteiger partial charge in [0.2, 0.25) is 11.8 Å². The SMILES string of the molecule is Cc1cccc(C)c1-c1cc(O)nc(N)n1. The maximum Gasteiger partial charge on any atom is 0.223 e. The summed E-state index contributed by atoms with van der Waals surface area (Å²) < 4.78 is 0. The van der Waals surface area contributed by atoms with Crippen LogP contribution in [-0.2, 0) is 0 Å². The van der Waals surface area contributed by atoms with Gasteiger partial charge in [0.1, 0.15) is 0 Å². The van der Waals surface area contributed by atoms with Crippen molar-refractivity contribution < 1.29 is 5.11 Å². The van der Waals surface area contributed by atoms with Crippen molar-refractivity contribution >= 4 is 5.95 Å². The molecule has 0 bridgehead atoms. The number of aromatic hydroxyl groups is 1. The minimum absolute atomic E-state index is 0.0812. The molecule has 4 heteroatoms. The van der Waals surface area contributed by atoms with Gasteiger partial charge >= 0.3 is 0 Å². The van der Waals surface area contributed by atoms with Gasteiger partial charge in [0, 0.05) is 11.6 Å². The minimum Gasteiger partial charge on any atom is -0.493 e. The fraction of sp³-hybridized carbons (Fsp3) is 0.167. The molecular weight excluding hydrogens is 202 g/mol. The third kappa shape index (κ3) is 1.82. The van der Waals surface area contributed by atoms with Crippen molar-refractivity contribution in [2.75, 3.05) is 5.73 Å². The quantitative estimate of drug-likeness (QED) is 0.763. The molecule has 0 atom stereocenters. The summed E-state index contributed by atoms with van der Waals surface area (Å²) in [6.45, 7) is 4.00. The molecule has 0 spiro atoms. The van der Waals surface area contributed by atoms with Crippen LogP contribution in [0.3, 0.4) is 0 Å². The van der Waals surface area contributed by atoms with Crippen LogP contribution < -0.4 is 5.73 Å². The van der Waals surface area contributed by atoms with Gasteiger partial charge in [0.15, 0.2) is 0 Å². The van der Waals surface area contributed by atoms with Gasteiger partial charge < -0.3 is 10.8 Å². The number of nitrogens with two attached hydrogens (primary N) is 1. The zero-order chi connectivity index (χ0) is 11.7. The molecule has 1 aromatic heterocycles. The van der Waals surface area contributed by atoms with E-state index in [1.165, 1.54) is 6.07 Å². The molecule has 0 fully saturated rings. The Bertz CT molecular complexity index is 497. The van der Waals surface area contributed by atoms with E-state index in [2.05, 4.69) is 9.97 Å². The van der Waals surface area contributed by atoms with Crippen molar-refractivity contribution in [3.8, 4) is 17.1 Å². The predicted molar refractivity (Wildman–Crippen MR) is 63.0 cm³/mol. The number of nitrogens with zero attached hydrogens (tertiary/aromatic N) is 2. The van der Waals surface area contributed by atoms with Crippen LogP contribution in [-0.4, -0.2) is 15.1 Å². The molecule has 0 saturated carbocycles. The number of benzene rings is 1. The molecule has 0 radical (unpaired) electrons. The van der Waals surface area contributed by atoms with E-state index < -0.39 is 0 Å². The molecule has 1 aromatic carbocycles. The van der Waals surface area contributed by atoms with Crippen LogP contribution >= 0.6 is 0 Å². The number of hydrogen-bond acceptors (Lipinski definition) is 4. The van der Waals surface area contributed by atoms with Crippen LogP contribution in [0.1, 0.15) is 11.1 Å². The molecular formula is C12H13N3O. The topological polar surface area (TPSA) is 72.0 Å². The first-order valence-corrected chi connectivity index (χ1v) is 4.98. The van der Waals surface area contributed by atoms with Crippen LogP contribution in [0.25, 0.3) is 11.3 Å². The Kier molecular flexibility index (Phi) is 2.48. The fourth-order valence-electron chi connectivity index (χ4n) is 1.80. The maximum absolute atomic E-state index is 9.41. The van der Waals surface area contributed by atoms with Crippen molar-refractivity contribution in [3.63, 3.8) is 0 Å².